The first-order valence-corrected chi connectivity index (χ1v) is 7.69. The molecule has 0 spiro atoms. The minimum atomic E-state index is -0.302. The van der Waals surface area contributed by atoms with Gasteiger partial charge in [-0.1, -0.05) is 38.8 Å². The van der Waals surface area contributed by atoms with E-state index in [1.165, 1.54) is 0 Å². The molecule has 0 aromatic carbocycles. The zero-order valence-corrected chi connectivity index (χ0v) is 12.6. The minimum absolute atomic E-state index is 0.186. The second kappa shape index (κ2) is 9.56. The van der Waals surface area contributed by atoms with E-state index < -0.39 is 0 Å². The van der Waals surface area contributed by atoms with Crippen LogP contribution in [0.5, 0.6) is 0 Å². The monoisotopic (exact) mass is 282 g/mol. The Morgan fingerprint density at radius 3 is 2.25 bits per heavy atom. The molecule has 0 aromatic heterocycles. The van der Waals surface area contributed by atoms with Crippen LogP contribution in [0.4, 0.5) is 0 Å². The predicted molar refractivity (Wildman–Crippen MR) is 77.1 cm³/mol. The molecule has 2 atom stereocenters. The predicted octanol–water partition coefficient (Wildman–Crippen LogP) is 3.26. The van der Waals surface area contributed by atoms with Gasteiger partial charge in [0.05, 0.1) is 25.0 Å². The highest BCUT2D eigenvalue weighted by Gasteiger charge is 2.29. The summed E-state index contributed by atoms with van der Waals surface area (Å²) in [4.78, 5) is 23.8. The lowest BCUT2D eigenvalue weighted by Gasteiger charge is -2.22. The van der Waals surface area contributed by atoms with Crippen LogP contribution in [-0.4, -0.2) is 25.2 Å². The quantitative estimate of drug-likeness (QED) is 0.389. The Bertz CT molecular complexity index is 335. The fourth-order valence-corrected chi connectivity index (χ4v) is 2.11. The van der Waals surface area contributed by atoms with Gasteiger partial charge >= 0.3 is 11.9 Å². The summed E-state index contributed by atoms with van der Waals surface area (Å²) in [5, 5.41) is 0. The van der Waals surface area contributed by atoms with Crippen molar-refractivity contribution in [1.82, 2.24) is 0 Å². The largest absolute Gasteiger partial charge is 0.465 e. The molecule has 0 fully saturated rings. The molecule has 0 aromatic rings. The lowest BCUT2D eigenvalue weighted by Crippen LogP contribution is -2.27. The Balaban J connectivity index is 2.37. The summed E-state index contributed by atoms with van der Waals surface area (Å²) in [5.41, 5.74) is 0. The Morgan fingerprint density at radius 2 is 1.65 bits per heavy atom. The average molecular weight is 282 g/mol. The molecule has 4 nitrogen and oxygen atoms in total. The second-order valence-corrected chi connectivity index (χ2v) is 5.25. The third kappa shape index (κ3) is 5.76. The third-order valence-electron chi connectivity index (χ3n) is 3.45. The van der Waals surface area contributed by atoms with Gasteiger partial charge < -0.3 is 9.47 Å². The summed E-state index contributed by atoms with van der Waals surface area (Å²) in [6.45, 7) is 5.04. The van der Waals surface area contributed by atoms with Crippen LogP contribution >= 0.6 is 0 Å². The highest BCUT2D eigenvalue weighted by Crippen LogP contribution is 2.25. The normalized spacial score (nSPS) is 21.5. The third-order valence-corrected chi connectivity index (χ3v) is 3.45. The van der Waals surface area contributed by atoms with Gasteiger partial charge in [-0.15, -0.1) is 0 Å². The van der Waals surface area contributed by atoms with Gasteiger partial charge in [0.15, 0.2) is 0 Å². The molecule has 114 valence electrons. The van der Waals surface area contributed by atoms with Gasteiger partial charge in [-0.25, -0.2) is 0 Å². The topological polar surface area (TPSA) is 52.6 Å². The van der Waals surface area contributed by atoms with Gasteiger partial charge in [-0.3, -0.25) is 9.59 Å². The summed E-state index contributed by atoms with van der Waals surface area (Å²) in [5.74, 6) is -0.917. The van der Waals surface area contributed by atoms with E-state index in [0.717, 1.165) is 25.7 Å². The van der Waals surface area contributed by atoms with Crippen molar-refractivity contribution >= 4 is 11.9 Å². The molecule has 0 heterocycles. The van der Waals surface area contributed by atoms with Crippen LogP contribution in [0, 0.1) is 11.8 Å². The molecule has 0 radical (unpaired) electrons. The molecule has 0 N–H and O–H groups in total. The summed E-state index contributed by atoms with van der Waals surface area (Å²) in [6.07, 6.45) is 8.67. The zero-order valence-electron chi connectivity index (χ0n) is 12.6. The standard InChI is InChI=1S/C16H26O4/c1-3-5-10-19-15(17)13-8-7-9-14(12-13)16(18)20-11-6-4-2/h7-8,13-14H,3-6,9-12H2,1-2H3. The molecule has 1 rings (SSSR count). The van der Waals surface area contributed by atoms with Crippen molar-refractivity contribution in [3.63, 3.8) is 0 Å². The van der Waals surface area contributed by atoms with Crippen LogP contribution in [0.1, 0.15) is 52.4 Å². The highest BCUT2D eigenvalue weighted by molar-refractivity contribution is 5.78. The van der Waals surface area contributed by atoms with Crippen LogP contribution < -0.4 is 0 Å². The Morgan fingerprint density at radius 1 is 1.05 bits per heavy atom. The Hall–Kier alpha value is -1.32. The van der Waals surface area contributed by atoms with E-state index in [9.17, 15) is 9.59 Å². The number of hydrogen-bond acceptors (Lipinski definition) is 4. The summed E-state index contributed by atoms with van der Waals surface area (Å²) < 4.78 is 10.4. The van der Waals surface area contributed by atoms with Crippen molar-refractivity contribution in [2.24, 2.45) is 11.8 Å². The number of rotatable bonds is 8. The van der Waals surface area contributed by atoms with E-state index in [1.807, 2.05) is 12.2 Å². The number of carbonyl (C=O) groups excluding carboxylic acids is 2. The molecule has 1 aliphatic carbocycles. The van der Waals surface area contributed by atoms with E-state index in [1.54, 1.807) is 0 Å². The molecule has 1 aliphatic rings. The number of ether oxygens (including phenoxy) is 2. The van der Waals surface area contributed by atoms with Gasteiger partial charge in [0.2, 0.25) is 0 Å². The smallest absolute Gasteiger partial charge is 0.312 e. The van der Waals surface area contributed by atoms with Crippen LogP contribution in [0.2, 0.25) is 0 Å². The maximum Gasteiger partial charge on any atom is 0.312 e. The molecule has 0 amide bonds. The van der Waals surface area contributed by atoms with E-state index in [2.05, 4.69) is 13.8 Å². The Kier molecular flexibility index (Phi) is 8.00. The first-order valence-electron chi connectivity index (χ1n) is 7.69. The molecular formula is C16H26O4. The summed E-state index contributed by atoms with van der Waals surface area (Å²) in [6, 6.07) is 0. The van der Waals surface area contributed by atoms with Crippen LogP contribution in [0.25, 0.3) is 0 Å². The molecule has 20 heavy (non-hydrogen) atoms. The van der Waals surface area contributed by atoms with Crippen molar-refractivity contribution < 1.29 is 19.1 Å². The highest BCUT2D eigenvalue weighted by atomic mass is 16.5. The SMILES string of the molecule is CCCCOC(=O)C1C=CCC(C(=O)OCCCC)C1. The van der Waals surface area contributed by atoms with Crippen molar-refractivity contribution in [3.05, 3.63) is 12.2 Å². The number of allylic oxidation sites excluding steroid dienone is 1. The molecule has 4 heteroatoms. The molecular weight excluding hydrogens is 256 g/mol. The number of hydrogen-bond donors (Lipinski definition) is 0. The van der Waals surface area contributed by atoms with Crippen LogP contribution in [-0.2, 0) is 19.1 Å². The number of unbranched alkanes of at least 4 members (excludes halogenated alkanes) is 2. The van der Waals surface area contributed by atoms with E-state index in [-0.39, 0.29) is 23.8 Å². The first kappa shape index (κ1) is 16.7. The molecule has 0 saturated carbocycles. The Labute approximate surface area is 121 Å². The maximum absolute atomic E-state index is 11.9. The fraction of sp³-hybridized carbons (Fsp3) is 0.750. The van der Waals surface area contributed by atoms with Gasteiger partial charge in [0, 0.05) is 0 Å². The molecule has 0 saturated heterocycles. The van der Waals surface area contributed by atoms with Crippen LogP contribution in [0.15, 0.2) is 12.2 Å². The maximum atomic E-state index is 11.9. The minimum Gasteiger partial charge on any atom is -0.465 e. The van der Waals surface area contributed by atoms with Gasteiger partial charge in [-0.2, -0.15) is 0 Å². The van der Waals surface area contributed by atoms with E-state index in [4.69, 9.17) is 9.47 Å². The van der Waals surface area contributed by atoms with Gasteiger partial charge in [-0.05, 0) is 25.7 Å². The molecule has 2 unspecified atom stereocenters. The van der Waals surface area contributed by atoms with Crippen molar-refractivity contribution in [3.8, 4) is 0 Å². The summed E-state index contributed by atoms with van der Waals surface area (Å²) in [7, 11) is 0. The lowest BCUT2D eigenvalue weighted by atomic mass is 9.86. The van der Waals surface area contributed by atoms with E-state index >= 15 is 0 Å². The lowest BCUT2D eigenvalue weighted by molar-refractivity contribution is -0.152. The van der Waals surface area contributed by atoms with Gasteiger partial charge in [0.25, 0.3) is 0 Å². The summed E-state index contributed by atoms with van der Waals surface area (Å²) >= 11 is 0. The van der Waals surface area contributed by atoms with Crippen molar-refractivity contribution in [2.75, 3.05) is 13.2 Å². The van der Waals surface area contributed by atoms with Crippen LogP contribution in [0.3, 0.4) is 0 Å². The first-order chi connectivity index (χ1) is 9.69. The van der Waals surface area contributed by atoms with E-state index in [0.29, 0.717) is 26.1 Å². The van der Waals surface area contributed by atoms with Gasteiger partial charge in [0.1, 0.15) is 0 Å². The number of esters is 2. The number of carbonyl (C=O) groups is 2. The van der Waals surface area contributed by atoms with Crippen molar-refractivity contribution in [1.29, 1.82) is 0 Å². The van der Waals surface area contributed by atoms with Crippen molar-refractivity contribution in [2.45, 2.75) is 52.4 Å². The fourth-order valence-electron chi connectivity index (χ4n) is 2.11. The average Bonchev–Trinajstić information content (AvgIpc) is 2.47. The molecule has 0 aliphatic heterocycles. The zero-order chi connectivity index (χ0) is 14.8. The second-order valence-electron chi connectivity index (χ2n) is 5.25. The molecule has 0 bridgehead atoms.